The molecule has 0 spiro atoms. The van der Waals surface area contributed by atoms with Crippen molar-refractivity contribution < 1.29 is 19.2 Å². The number of aromatic hydroxyl groups is 1. The number of anilines is 1. The fourth-order valence-electron chi connectivity index (χ4n) is 1.84. The van der Waals surface area contributed by atoms with Crippen LogP contribution in [0.3, 0.4) is 0 Å². The quantitative estimate of drug-likeness (QED) is 0.653. The minimum atomic E-state index is -0.766. The number of phenols is 1. The number of nitrogens with zero attached hydrogens (tertiary/aromatic N) is 1. The Balaban J connectivity index is 2.25. The largest absolute Gasteiger partial charge is 0.508 e. The zero-order valence-electron chi connectivity index (χ0n) is 11.2. The summed E-state index contributed by atoms with van der Waals surface area (Å²) in [7, 11) is 1.27. The molecule has 0 fully saturated rings. The number of benzene rings is 2. The minimum absolute atomic E-state index is 0.0406. The van der Waals surface area contributed by atoms with E-state index in [9.17, 15) is 19.6 Å². The van der Waals surface area contributed by atoms with Gasteiger partial charge in [0, 0.05) is 18.2 Å². The zero-order chi connectivity index (χ0) is 15.4. The number of hydrogen-bond donors (Lipinski definition) is 2. The van der Waals surface area contributed by atoms with Crippen molar-refractivity contribution >= 4 is 11.4 Å². The molecule has 0 saturated heterocycles. The van der Waals surface area contributed by atoms with E-state index in [2.05, 4.69) is 5.32 Å². The van der Waals surface area contributed by atoms with Crippen LogP contribution >= 0.6 is 0 Å². The van der Waals surface area contributed by atoms with Gasteiger partial charge < -0.3 is 15.2 Å². The van der Waals surface area contributed by atoms with E-state index >= 15 is 0 Å². The number of nitrogens with one attached hydrogen (secondary N) is 1. The molecule has 0 atom stereocenters. The number of hydrogen-bond acceptors (Lipinski definition) is 5. The van der Waals surface area contributed by atoms with Crippen LogP contribution in [0.5, 0.6) is 11.5 Å². The second-order valence-electron chi connectivity index (χ2n) is 4.24. The van der Waals surface area contributed by atoms with Crippen LogP contribution in [0, 0.1) is 15.9 Å². The molecule has 2 aromatic carbocycles. The number of phenolic OH excluding ortho intramolecular Hbond substituents is 1. The first kappa shape index (κ1) is 14.6. The second kappa shape index (κ2) is 6.08. The van der Waals surface area contributed by atoms with E-state index in [0.717, 1.165) is 6.07 Å². The molecule has 0 aliphatic rings. The maximum atomic E-state index is 13.8. The van der Waals surface area contributed by atoms with Gasteiger partial charge in [-0.25, -0.2) is 4.39 Å². The summed E-state index contributed by atoms with van der Waals surface area (Å²) in [5, 5.41) is 23.2. The molecule has 0 heterocycles. The van der Waals surface area contributed by atoms with E-state index in [1.54, 1.807) is 18.2 Å². The Bertz CT molecular complexity index is 676. The van der Waals surface area contributed by atoms with E-state index in [1.165, 1.54) is 19.2 Å². The summed E-state index contributed by atoms with van der Waals surface area (Å²) < 4.78 is 18.7. The van der Waals surface area contributed by atoms with Crippen LogP contribution < -0.4 is 10.1 Å². The predicted molar refractivity (Wildman–Crippen MR) is 75.0 cm³/mol. The lowest BCUT2D eigenvalue weighted by atomic mass is 10.2. The molecule has 0 radical (unpaired) electrons. The minimum Gasteiger partial charge on any atom is -0.508 e. The summed E-state index contributed by atoms with van der Waals surface area (Å²) in [6.07, 6.45) is 0. The van der Waals surface area contributed by atoms with E-state index in [0.29, 0.717) is 5.56 Å². The first-order valence-corrected chi connectivity index (χ1v) is 6.05. The van der Waals surface area contributed by atoms with Crippen molar-refractivity contribution in [1.82, 2.24) is 0 Å². The van der Waals surface area contributed by atoms with Crippen molar-refractivity contribution in [2.75, 3.05) is 12.4 Å². The molecule has 7 heteroatoms. The van der Waals surface area contributed by atoms with Gasteiger partial charge in [-0.1, -0.05) is 18.2 Å². The van der Waals surface area contributed by atoms with E-state index in [1.807, 2.05) is 0 Å². The average molecular weight is 292 g/mol. The molecule has 0 amide bonds. The van der Waals surface area contributed by atoms with Gasteiger partial charge in [0.25, 0.3) is 0 Å². The third-order valence-electron chi connectivity index (χ3n) is 2.93. The molecular formula is C14H13FN2O4. The highest BCUT2D eigenvalue weighted by Gasteiger charge is 2.19. The monoisotopic (exact) mass is 292 g/mol. The van der Waals surface area contributed by atoms with Gasteiger partial charge in [0.2, 0.25) is 0 Å². The average Bonchev–Trinajstić information content (AvgIpc) is 2.47. The van der Waals surface area contributed by atoms with Crippen LogP contribution in [0.15, 0.2) is 36.4 Å². The van der Waals surface area contributed by atoms with Crippen LogP contribution in [0.2, 0.25) is 0 Å². The van der Waals surface area contributed by atoms with Crippen LogP contribution in [-0.2, 0) is 6.54 Å². The maximum absolute atomic E-state index is 13.8. The van der Waals surface area contributed by atoms with Crippen molar-refractivity contribution in [3.05, 3.63) is 57.9 Å². The molecule has 0 saturated carbocycles. The fraction of sp³-hybridized carbons (Fsp3) is 0.143. The number of nitro groups is 1. The maximum Gasteiger partial charge on any atom is 0.313 e. The summed E-state index contributed by atoms with van der Waals surface area (Å²) in [5.41, 5.74) is 0.193. The first-order valence-electron chi connectivity index (χ1n) is 6.05. The smallest absolute Gasteiger partial charge is 0.313 e. The molecule has 6 nitrogen and oxygen atoms in total. The number of rotatable bonds is 5. The molecule has 2 rings (SSSR count). The van der Waals surface area contributed by atoms with Crippen LogP contribution in [0.1, 0.15) is 5.56 Å². The van der Waals surface area contributed by atoms with Crippen molar-refractivity contribution in [3.8, 4) is 11.5 Å². The number of para-hydroxylation sites is 1. The van der Waals surface area contributed by atoms with Crippen molar-refractivity contribution in [2.24, 2.45) is 0 Å². The van der Waals surface area contributed by atoms with E-state index in [-0.39, 0.29) is 23.7 Å². The summed E-state index contributed by atoms with van der Waals surface area (Å²) in [6, 6.07) is 8.63. The highest BCUT2D eigenvalue weighted by molar-refractivity contribution is 5.59. The Labute approximate surface area is 119 Å². The molecule has 21 heavy (non-hydrogen) atoms. The van der Waals surface area contributed by atoms with Crippen molar-refractivity contribution in [3.63, 3.8) is 0 Å². The van der Waals surface area contributed by atoms with Gasteiger partial charge in [0.1, 0.15) is 5.75 Å². The van der Waals surface area contributed by atoms with E-state index < -0.39 is 16.4 Å². The molecule has 0 unspecified atom stereocenters. The lowest BCUT2D eigenvalue weighted by Gasteiger charge is -2.10. The topological polar surface area (TPSA) is 84.6 Å². The molecule has 110 valence electrons. The fourth-order valence-corrected chi connectivity index (χ4v) is 1.84. The Hall–Kier alpha value is -2.83. The number of methoxy groups -OCH3 is 1. The summed E-state index contributed by atoms with van der Waals surface area (Å²) in [4.78, 5) is 10.1. The Morgan fingerprint density at radius 2 is 2.10 bits per heavy atom. The summed E-state index contributed by atoms with van der Waals surface area (Å²) in [6.45, 7) is 0.171. The Morgan fingerprint density at radius 1 is 1.38 bits per heavy atom. The van der Waals surface area contributed by atoms with Crippen LogP contribution in [-0.4, -0.2) is 17.1 Å². The Morgan fingerprint density at radius 3 is 2.71 bits per heavy atom. The first-order chi connectivity index (χ1) is 10.0. The van der Waals surface area contributed by atoms with Gasteiger partial charge in [0.05, 0.1) is 23.8 Å². The van der Waals surface area contributed by atoms with Gasteiger partial charge in [-0.15, -0.1) is 0 Å². The number of halogens is 1. The third-order valence-corrected chi connectivity index (χ3v) is 2.93. The molecule has 0 aliphatic heterocycles. The lowest BCUT2D eigenvalue weighted by Crippen LogP contribution is -2.03. The predicted octanol–water partition coefficient (Wildman–Crippen LogP) is 3.06. The molecule has 2 N–H and O–H groups in total. The number of nitro benzene ring substituents is 1. The number of ether oxygens (including phenoxy) is 1. The lowest BCUT2D eigenvalue weighted by molar-refractivity contribution is -0.385. The van der Waals surface area contributed by atoms with Gasteiger partial charge >= 0.3 is 5.69 Å². The third kappa shape index (κ3) is 3.19. The van der Waals surface area contributed by atoms with Gasteiger partial charge in [-0.05, 0) is 6.07 Å². The van der Waals surface area contributed by atoms with Crippen LogP contribution in [0.25, 0.3) is 0 Å². The highest BCUT2D eigenvalue weighted by Crippen LogP contribution is 2.32. The van der Waals surface area contributed by atoms with Crippen molar-refractivity contribution in [1.29, 1.82) is 0 Å². The van der Waals surface area contributed by atoms with Gasteiger partial charge in [-0.3, -0.25) is 10.1 Å². The van der Waals surface area contributed by atoms with Gasteiger partial charge in [-0.2, -0.15) is 0 Å². The standard InChI is InChI=1S/C14H13FN2O4/c1-21-14-7-11(10(15)6-12(14)17(19)20)16-8-9-4-2-3-5-13(9)18/h2-7,16,18H,8H2,1H3. The van der Waals surface area contributed by atoms with Crippen LogP contribution in [0.4, 0.5) is 15.8 Å². The second-order valence-corrected chi connectivity index (χ2v) is 4.24. The zero-order valence-corrected chi connectivity index (χ0v) is 11.2. The normalized spacial score (nSPS) is 10.2. The summed E-state index contributed by atoms with van der Waals surface area (Å²) in [5.74, 6) is -0.724. The molecule has 0 aliphatic carbocycles. The molecular weight excluding hydrogens is 279 g/mol. The van der Waals surface area contributed by atoms with E-state index in [4.69, 9.17) is 4.74 Å². The highest BCUT2D eigenvalue weighted by atomic mass is 19.1. The molecule has 2 aromatic rings. The molecule has 0 aromatic heterocycles. The SMILES string of the molecule is COc1cc(NCc2ccccc2O)c(F)cc1[N+](=O)[O-]. The summed E-state index contributed by atoms with van der Waals surface area (Å²) >= 11 is 0. The van der Waals surface area contributed by atoms with Gasteiger partial charge in [0.15, 0.2) is 11.6 Å². The molecule has 0 bridgehead atoms. The Kier molecular flexibility index (Phi) is 4.22. The van der Waals surface area contributed by atoms with Crippen molar-refractivity contribution in [2.45, 2.75) is 6.54 Å².